The van der Waals surface area contributed by atoms with Crippen molar-refractivity contribution in [2.45, 2.75) is 24.5 Å². The zero-order valence-electron chi connectivity index (χ0n) is 16.6. The fourth-order valence-corrected chi connectivity index (χ4v) is 4.32. The molecule has 1 aliphatic rings. The summed E-state index contributed by atoms with van der Waals surface area (Å²) in [4.78, 5) is 22.1. The Morgan fingerprint density at radius 3 is 2.63 bits per heavy atom. The van der Waals surface area contributed by atoms with Crippen molar-refractivity contribution in [3.63, 3.8) is 0 Å². The largest absolute Gasteiger partial charge is 0.334 e. The van der Waals surface area contributed by atoms with E-state index in [0.717, 1.165) is 46.6 Å². The summed E-state index contributed by atoms with van der Waals surface area (Å²) in [5, 5.41) is 3.76. The SMILES string of the molecule is CSc1ncc(C(=O)Nc2ccc(-c3cn4c(n3)CCC4)cc2)n1-c1ccccc1. The zero-order chi connectivity index (χ0) is 20.5. The number of carbonyl (C=O) groups excluding carboxylic acids is 1. The van der Waals surface area contributed by atoms with Gasteiger partial charge in [0, 0.05) is 36.1 Å². The third-order valence-electron chi connectivity index (χ3n) is 5.26. The Morgan fingerprint density at radius 1 is 1.10 bits per heavy atom. The Balaban J connectivity index is 1.37. The van der Waals surface area contributed by atoms with Crippen molar-refractivity contribution in [2.75, 3.05) is 11.6 Å². The molecule has 2 aromatic heterocycles. The number of anilines is 1. The quantitative estimate of drug-likeness (QED) is 0.482. The van der Waals surface area contributed by atoms with Gasteiger partial charge in [0.05, 0.1) is 11.9 Å². The molecule has 0 aliphatic carbocycles. The number of fused-ring (bicyclic) bond motifs is 1. The number of amides is 1. The normalized spacial score (nSPS) is 12.7. The first kappa shape index (κ1) is 18.7. The molecule has 1 aliphatic heterocycles. The van der Waals surface area contributed by atoms with Gasteiger partial charge in [0.2, 0.25) is 0 Å². The molecule has 30 heavy (non-hydrogen) atoms. The monoisotopic (exact) mass is 415 g/mol. The van der Waals surface area contributed by atoms with Crippen LogP contribution in [0.4, 0.5) is 5.69 Å². The van der Waals surface area contributed by atoms with E-state index >= 15 is 0 Å². The number of para-hydroxylation sites is 1. The van der Waals surface area contributed by atoms with Crippen LogP contribution in [-0.2, 0) is 13.0 Å². The molecule has 0 bridgehead atoms. The second-order valence-corrected chi connectivity index (χ2v) is 7.95. The van der Waals surface area contributed by atoms with Gasteiger partial charge in [-0.25, -0.2) is 9.97 Å². The van der Waals surface area contributed by atoms with Gasteiger partial charge in [0.15, 0.2) is 5.16 Å². The predicted octanol–water partition coefficient (Wildman–Crippen LogP) is 4.66. The minimum atomic E-state index is -0.194. The van der Waals surface area contributed by atoms with Crippen molar-refractivity contribution < 1.29 is 4.79 Å². The summed E-state index contributed by atoms with van der Waals surface area (Å²) in [5.41, 5.74) is 4.18. The Morgan fingerprint density at radius 2 is 1.90 bits per heavy atom. The van der Waals surface area contributed by atoms with Gasteiger partial charge < -0.3 is 9.88 Å². The molecule has 0 saturated heterocycles. The maximum atomic E-state index is 13.0. The van der Waals surface area contributed by atoms with Crippen molar-refractivity contribution in [2.24, 2.45) is 0 Å². The van der Waals surface area contributed by atoms with Gasteiger partial charge in [0.1, 0.15) is 11.5 Å². The molecule has 1 N–H and O–H groups in total. The van der Waals surface area contributed by atoms with Gasteiger partial charge >= 0.3 is 0 Å². The van der Waals surface area contributed by atoms with Crippen molar-refractivity contribution >= 4 is 23.4 Å². The maximum Gasteiger partial charge on any atom is 0.274 e. The second-order valence-electron chi connectivity index (χ2n) is 7.17. The standard InChI is InChI=1S/C23H21N5OS/c1-30-23-24-14-20(28(23)18-6-3-2-4-7-18)22(29)25-17-11-9-16(10-12-17)19-15-27-13-5-8-21(27)26-19/h2-4,6-7,9-12,14-15H,5,8,13H2,1H3,(H,25,29). The van der Waals surface area contributed by atoms with Crippen molar-refractivity contribution in [3.8, 4) is 16.9 Å². The molecular weight excluding hydrogens is 394 g/mol. The van der Waals surface area contributed by atoms with Crippen LogP contribution in [0.1, 0.15) is 22.7 Å². The average Bonchev–Trinajstić information content (AvgIpc) is 3.49. The number of hydrogen-bond donors (Lipinski definition) is 1. The number of benzene rings is 2. The van der Waals surface area contributed by atoms with Crippen LogP contribution in [0.25, 0.3) is 16.9 Å². The topological polar surface area (TPSA) is 64.7 Å². The third kappa shape index (κ3) is 3.41. The minimum Gasteiger partial charge on any atom is -0.334 e. The van der Waals surface area contributed by atoms with E-state index in [1.165, 1.54) is 18.2 Å². The van der Waals surface area contributed by atoms with Gasteiger partial charge in [-0.05, 0) is 36.9 Å². The van der Waals surface area contributed by atoms with Crippen LogP contribution in [0.2, 0.25) is 0 Å². The van der Waals surface area contributed by atoms with Gasteiger partial charge in [-0.2, -0.15) is 0 Å². The Kier molecular flexibility index (Phi) is 4.88. The van der Waals surface area contributed by atoms with Crippen molar-refractivity contribution in [1.82, 2.24) is 19.1 Å². The second kappa shape index (κ2) is 7.84. The lowest BCUT2D eigenvalue weighted by Gasteiger charge is -2.11. The fraction of sp³-hybridized carbons (Fsp3) is 0.174. The molecule has 6 nitrogen and oxygen atoms in total. The first-order valence-electron chi connectivity index (χ1n) is 9.88. The lowest BCUT2D eigenvalue weighted by Crippen LogP contribution is -2.16. The summed E-state index contributed by atoms with van der Waals surface area (Å²) < 4.78 is 4.10. The highest BCUT2D eigenvalue weighted by atomic mass is 32.2. The van der Waals surface area contributed by atoms with Crippen molar-refractivity contribution in [1.29, 1.82) is 0 Å². The minimum absolute atomic E-state index is 0.194. The first-order chi connectivity index (χ1) is 14.7. The third-order valence-corrected chi connectivity index (χ3v) is 5.91. The smallest absolute Gasteiger partial charge is 0.274 e. The number of nitrogens with zero attached hydrogens (tertiary/aromatic N) is 4. The molecule has 0 radical (unpaired) electrons. The molecule has 0 atom stereocenters. The highest BCUT2D eigenvalue weighted by Gasteiger charge is 2.18. The van der Waals surface area contributed by atoms with Crippen LogP contribution >= 0.6 is 11.8 Å². The summed E-state index contributed by atoms with van der Waals surface area (Å²) in [6.45, 7) is 1.05. The molecule has 150 valence electrons. The van der Waals surface area contributed by atoms with Crippen LogP contribution in [0.15, 0.2) is 72.1 Å². The van der Waals surface area contributed by atoms with Crippen LogP contribution in [0, 0.1) is 0 Å². The van der Waals surface area contributed by atoms with E-state index in [1.54, 1.807) is 6.20 Å². The number of thioether (sulfide) groups is 1. The first-order valence-corrected chi connectivity index (χ1v) is 11.1. The summed E-state index contributed by atoms with van der Waals surface area (Å²) in [6, 6.07) is 17.6. The number of imidazole rings is 2. The number of aryl methyl sites for hydroxylation is 2. The molecule has 0 fully saturated rings. The van der Waals surface area contributed by atoms with E-state index in [0.29, 0.717) is 5.69 Å². The lowest BCUT2D eigenvalue weighted by atomic mass is 10.1. The average molecular weight is 416 g/mol. The number of hydrogen-bond acceptors (Lipinski definition) is 4. The zero-order valence-corrected chi connectivity index (χ0v) is 17.4. The Hall–Kier alpha value is -3.32. The number of nitrogens with one attached hydrogen (secondary N) is 1. The molecular formula is C23H21N5OS. The molecule has 4 aromatic rings. The molecule has 5 rings (SSSR count). The number of carbonyl (C=O) groups is 1. The maximum absolute atomic E-state index is 13.0. The van der Waals surface area contributed by atoms with Crippen molar-refractivity contribution in [3.05, 3.63) is 78.5 Å². The van der Waals surface area contributed by atoms with Crippen LogP contribution < -0.4 is 5.32 Å². The van der Waals surface area contributed by atoms with Gasteiger partial charge in [-0.15, -0.1) is 0 Å². The summed E-state index contributed by atoms with van der Waals surface area (Å²) in [6.07, 6.45) is 7.90. The number of rotatable bonds is 5. The van der Waals surface area contributed by atoms with E-state index < -0.39 is 0 Å². The highest BCUT2D eigenvalue weighted by molar-refractivity contribution is 7.98. The molecule has 1 amide bonds. The van der Waals surface area contributed by atoms with Crippen LogP contribution in [0.5, 0.6) is 0 Å². The molecule has 3 heterocycles. The summed E-state index contributed by atoms with van der Waals surface area (Å²) in [5.74, 6) is 0.960. The van der Waals surface area contributed by atoms with E-state index in [-0.39, 0.29) is 5.91 Å². The van der Waals surface area contributed by atoms with E-state index in [4.69, 9.17) is 4.98 Å². The van der Waals surface area contributed by atoms with Crippen LogP contribution in [-0.4, -0.2) is 31.3 Å². The Labute approximate surface area is 179 Å². The van der Waals surface area contributed by atoms with Crippen LogP contribution in [0.3, 0.4) is 0 Å². The molecule has 0 spiro atoms. The van der Waals surface area contributed by atoms with E-state index in [9.17, 15) is 4.79 Å². The lowest BCUT2D eigenvalue weighted by molar-refractivity contribution is 0.102. The molecule has 2 aromatic carbocycles. The highest BCUT2D eigenvalue weighted by Crippen LogP contribution is 2.25. The Bertz CT molecular complexity index is 1170. The number of aromatic nitrogens is 4. The molecule has 0 saturated carbocycles. The predicted molar refractivity (Wildman–Crippen MR) is 119 cm³/mol. The summed E-state index contributed by atoms with van der Waals surface area (Å²) in [7, 11) is 0. The van der Waals surface area contributed by atoms with E-state index in [1.807, 2.05) is 65.4 Å². The molecule has 0 unspecified atom stereocenters. The van der Waals surface area contributed by atoms with Gasteiger partial charge in [0.25, 0.3) is 5.91 Å². The fourth-order valence-electron chi connectivity index (χ4n) is 3.78. The van der Waals surface area contributed by atoms with Gasteiger partial charge in [-0.3, -0.25) is 9.36 Å². The molecule has 7 heteroatoms. The van der Waals surface area contributed by atoms with Gasteiger partial charge in [-0.1, -0.05) is 42.1 Å². The summed E-state index contributed by atoms with van der Waals surface area (Å²) >= 11 is 1.51. The van der Waals surface area contributed by atoms with E-state index in [2.05, 4.69) is 21.1 Å².